The molecule has 0 heterocycles. The molecule has 4 rings (SSSR count). The standard InChI is InChI=1S/C31H30O6/c1-36-29-18-26(34)15-9-22(29)10-16-28(21-7-13-25(33)14-8-21)31-23(17-27(35)19-30(31)37-2)6-3-20-4-11-24(32)12-5-20/h3-9,11-15,17-19,28,32-35H,10,16H2,1-2H3/t28-/m1/s1. The second-order valence-electron chi connectivity index (χ2n) is 8.75. The molecule has 0 bridgehead atoms. The van der Waals surface area contributed by atoms with Crippen molar-refractivity contribution < 1.29 is 29.9 Å². The van der Waals surface area contributed by atoms with E-state index in [1.807, 2.05) is 30.4 Å². The largest absolute Gasteiger partial charge is 0.508 e. The number of ether oxygens (including phenoxy) is 2. The molecule has 0 aliphatic rings. The van der Waals surface area contributed by atoms with Crippen molar-refractivity contribution in [3.8, 4) is 34.5 Å². The highest BCUT2D eigenvalue weighted by atomic mass is 16.5. The van der Waals surface area contributed by atoms with Crippen molar-refractivity contribution in [1.29, 1.82) is 0 Å². The van der Waals surface area contributed by atoms with Crippen LogP contribution in [-0.2, 0) is 6.42 Å². The third-order valence-electron chi connectivity index (χ3n) is 6.34. The monoisotopic (exact) mass is 498 g/mol. The fourth-order valence-electron chi connectivity index (χ4n) is 4.51. The van der Waals surface area contributed by atoms with Crippen LogP contribution in [0.15, 0.2) is 78.9 Å². The maximum Gasteiger partial charge on any atom is 0.126 e. The molecule has 0 saturated carbocycles. The van der Waals surface area contributed by atoms with Gasteiger partial charge in [-0.2, -0.15) is 0 Å². The van der Waals surface area contributed by atoms with Gasteiger partial charge >= 0.3 is 0 Å². The summed E-state index contributed by atoms with van der Waals surface area (Å²) in [7, 11) is 3.15. The van der Waals surface area contributed by atoms with E-state index in [0.717, 1.165) is 27.8 Å². The SMILES string of the molecule is COc1cc(O)ccc1CC[C@H](c1ccc(O)cc1)c1c(C=Cc2ccc(O)cc2)cc(O)cc1OC. The molecule has 0 radical (unpaired) electrons. The van der Waals surface area contributed by atoms with E-state index < -0.39 is 0 Å². The van der Waals surface area contributed by atoms with E-state index >= 15 is 0 Å². The Kier molecular flexibility index (Phi) is 7.89. The Balaban J connectivity index is 1.80. The lowest BCUT2D eigenvalue weighted by Crippen LogP contribution is -2.08. The fraction of sp³-hybridized carbons (Fsp3) is 0.161. The number of rotatable bonds is 9. The summed E-state index contributed by atoms with van der Waals surface area (Å²) in [4.78, 5) is 0. The molecule has 4 aromatic rings. The Hall–Kier alpha value is -4.58. The molecule has 0 amide bonds. The van der Waals surface area contributed by atoms with Gasteiger partial charge in [0.05, 0.1) is 14.2 Å². The summed E-state index contributed by atoms with van der Waals surface area (Å²) in [6.07, 6.45) is 5.12. The molecular weight excluding hydrogens is 468 g/mol. The van der Waals surface area contributed by atoms with Gasteiger partial charge in [-0.1, -0.05) is 42.5 Å². The van der Waals surface area contributed by atoms with Crippen LogP contribution in [0.1, 0.15) is 40.2 Å². The molecule has 0 saturated heterocycles. The van der Waals surface area contributed by atoms with Gasteiger partial charge in [0.15, 0.2) is 0 Å². The van der Waals surface area contributed by atoms with Gasteiger partial charge < -0.3 is 29.9 Å². The summed E-state index contributed by atoms with van der Waals surface area (Å²) >= 11 is 0. The fourth-order valence-corrected chi connectivity index (χ4v) is 4.51. The highest BCUT2D eigenvalue weighted by Crippen LogP contribution is 2.41. The first kappa shape index (κ1) is 25.5. The Morgan fingerprint density at radius 2 is 1.24 bits per heavy atom. The average Bonchev–Trinajstić information content (AvgIpc) is 2.90. The topological polar surface area (TPSA) is 99.4 Å². The zero-order valence-corrected chi connectivity index (χ0v) is 20.8. The molecule has 0 spiro atoms. The molecule has 6 heteroatoms. The number of hydrogen-bond donors (Lipinski definition) is 4. The average molecular weight is 499 g/mol. The third-order valence-corrected chi connectivity index (χ3v) is 6.34. The molecule has 0 unspecified atom stereocenters. The molecule has 0 aliphatic carbocycles. The Morgan fingerprint density at radius 1 is 0.649 bits per heavy atom. The van der Waals surface area contributed by atoms with E-state index in [0.29, 0.717) is 24.3 Å². The quantitative estimate of drug-likeness (QED) is 0.198. The van der Waals surface area contributed by atoms with Crippen LogP contribution in [0.3, 0.4) is 0 Å². The number of aromatic hydroxyl groups is 4. The van der Waals surface area contributed by atoms with Crippen LogP contribution in [0, 0.1) is 0 Å². The van der Waals surface area contributed by atoms with Gasteiger partial charge in [0.1, 0.15) is 34.5 Å². The maximum atomic E-state index is 10.5. The van der Waals surface area contributed by atoms with Crippen molar-refractivity contribution in [1.82, 2.24) is 0 Å². The van der Waals surface area contributed by atoms with Crippen LogP contribution in [0.2, 0.25) is 0 Å². The van der Waals surface area contributed by atoms with Gasteiger partial charge in [0.25, 0.3) is 0 Å². The minimum atomic E-state index is -0.158. The first-order chi connectivity index (χ1) is 17.9. The van der Waals surface area contributed by atoms with Crippen LogP contribution in [-0.4, -0.2) is 34.6 Å². The van der Waals surface area contributed by atoms with Crippen LogP contribution in [0.5, 0.6) is 34.5 Å². The first-order valence-corrected chi connectivity index (χ1v) is 11.9. The van der Waals surface area contributed by atoms with Crippen molar-refractivity contribution in [2.75, 3.05) is 14.2 Å². The smallest absolute Gasteiger partial charge is 0.126 e. The van der Waals surface area contributed by atoms with Gasteiger partial charge in [0, 0.05) is 23.6 Å². The lowest BCUT2D eigenvalue weighted by Gasteiger charge is -2.24. The second-order valence-corrected chi connectivity index (χ2v) is 8.75. The summed E-state index contributed by atoms with van der Waals surface area (Å²) in [5.41, 5.74) is 4.47. The number of benzene rings is 4. The molecule has 4 aromatic carbocycles. The normalized spacial score (nSPS) is 11.9. The van der Waals surface area contributed by atoms with E-state index in [1.165, 1.54) is 0 Å². The van der Waals surface area contributed by atoms with Gasteiger partial charge in [-0.05, 0) is 71.5 Å². The maximum absolute atomic E-state index is 10.5. The van der Waals surface area contributed by atoms with Gasteiger partial charge in [-0.15, -0.1) is 0 Å². The Bertz CT molecular complexity index is 1370. The minimum Gasteiger partial charge on any atom is -0.508 e. The van der Waals surface area contributed by atoms with Gasteiger partial charge in [0.2, 0.25) is 0 Å². The number of phenols is 4. The summed E-state index contributed by atoms with van der Waals surface area (Å²) in [5.74, 6) is 1.57. The summed E-state index contributed by atoms with van der Waals surface area (Å²) in [6.45, 7) is 0. The zero-order valence-electron chi connectivity index (χ0n) is 20.8. The summed E-state index contributed by atoms with van der Waals surface area (Å²) < 4.78 is 11.2. The number of hydrogen-bond acceptors (Lipinski definition) is 6. The molecule has 0 aromatic heterocycles. The first-order valence-electron chi connectivity index (χ1n) is 11.9. The predicted molar refractivity (Wildman–Crippen MR) is 145 cm³/mol. The van der Waals surface area contributed by atoms with Crippen LogP contribution in [0.4, 0.5) is 0 Å². The lowest BCUT2D eigenvalue weighted by atomic mass is 9.82. The molecule has 0 aliphatic heterocycles. The van der Waals surface area contributed by atoms with E-state index in [9.17, 15) is 20.4 Å². The van der Waals surface area contributed by atoms with Gasteiger partial charge in [-0.3, -0.25) is 0 Å². The van der Waals surface area contributed by atoms with Crippen molar-refractivity contribution in [2.45, 2.75) is 18.8 Å². The minimum absolute atomic E-state index is 0.0793. The zero-order chi connectivity index (χ0) is 26.4. The van der Waals surface area contributed by atoms with E-state index in [4.69, 9.17) is 9.47 Å². The van der Waals surface area contributed by atoms with Crippen molar-refractivity contribution in [2.24, 2.45) is 0 Å². The summed E-state index contributed by atoms with van der Waals surface area (Å²) in [5, 5.41) is 39.8. The van der Waals surface area contributed by atoms with Crippen LogP contribution < -0.4 is 9.47 Å². The number of phenolic OH excluding ortho intramolecular Hbond substituents is 4. The highest BCUT2D eigenvalue weighted by molar-refractivity contribution is 5.74. The second kappa shape index (κ2) is 11.4. The Morgan fingerprint density at radius 3 is 1.89 bits per heavy atom. The summed E-state index contributed by atoms with van der Waals surface area (Å²) in [6, 6.07) is 22.3. The lowest BCUT2D eigenvalue weighted by molar-refractivity contribution is 0.397. The Labute approximate surface area is 216 Å². The number of aryl methyl sites for hydroxylation is 1. The van der Waals surface area contributed by atoms with Gasteiger partial charge in [-0.25, -0.2) is 0 Å². The van der Waals surface area contributed by atoms with Crippen LogP contribution in [0.25, 0.3) is 12.2 Å². The number of methoxy groups -OCH3 is 2. The molecule has 0 fully saturated rings. The highest BCUT2D eigenvalue weighted by Gasteiger charge is 2.23. The molecule has 190 valence electrons. The molecule has 6 nitrogen and oxygen atoms in total. The predicted octanol–water partition coefficient (Wildman–Crippen LogP) is 6.46. The van der Waals surface area contributed by atoms with E-state index in [1.54, 1.807) is 74.9 Å². The van der Waals surface area contributed by atoms with Crippen molar-refractivity contribution in [3.63, 3.8) is 0 Å². The van der Waals surface area contributed by atoms with E-state index in [2.05, 4.69) is 0 Å². The van der Waals surface area contributed by atoms with Crippen molar-refractivity contribution >= 4 is 12.2 Å². The third kappa shape index (κ3) is 6.16. The van der Waals surface area contributed by atoms with E-state index in [-0.39, 0.29) is 28.9 Å². The molecule has 4 N–H and O–H groups in total. The van der Waals surface area contributed by atoms with Crippen LogP contribution >= 0.6 is 0 Å². The molecular formula is C31H30O6. The molecule has 37 heavy (non-hydrogen) atoms. The molecule has 1 atom stereocenters. The van der Waals surface area contributed by atoms with Crippen molar-refractivity contribution in [3.05, 3.63) is 107 Å².